The van der Waals surface area contributed by atoms with Gasteiger partial charge in [-0.3, -0.25) is 19.4 Å². The largest absolute Gasteiger partial charge is 0.459 e. The fraction of sp³-hybridized carbons (Fsp3) is 0.524. The van der Waals surface area contributed by atoms with Crippen molar-refractivity contribution in [3.8, 4) is 0 Å². The molecule has 10 heteroatoms. The minimum atomic E-state index is -0.577. The van der Waals surface area contributed by atoms with Gasteiger partial charge in [0.25, 0.3) is 11.5 Å². The number of aromatic amines is 2. The number of carbonyl (C=O) groups is 2. The highest BCUT2D eigenvalue weighted by atomic mass is 16.5. The van der Waals surface area contributed by atoms with E-state index < -0.39 is 11.2 Å². The number of H-pyrrole nitrogens is 2. The zero-order valence-electron chi connectivity index (χ0n) is 17.4. The monoisotopic (exact) mass is 430 g/mol. The van der Waals surface area contributed by atoms with Crippen molar-refractivity contribution in [2.75, 3.05) is 19.6 Å². The Labute approximate surface area is 178 Å². The first-order valence-electron chi connectivity index (χ1n) is 10.4. The lowest BCUT2D eigenvalue weighted by Crippen LogP contribution is -2.48. The van der Waals surface area contributed by atoms with E-state index in [1.54, 1.807) is 24.0 Å². The van der Waals surface area contributed by atoms with E-state index in [2.05, 4.69) is 15.3 Å². The number of aryl methyl sites for hydroxylation is 1. The molecule has 2 amide bonds. The molecule has 1 atom stereocenters. The second-order valence-corrected chi connectivity index (χ2v) is 8.22. The minimum Gasteiger partial charge on any atom is -0.459 e. The molecule has 10 nitrogen and oxygen atoms in total. The third-order valence-electron chi connectivity index (χ3n) is 6.18. The predicted molar refractivity (Wildman–Crippen MR) is 110 cm³/mol. The summed E-state index contributed by atoms with van der Waals surface area (Å²) in [5.41, 5.74) is -0.681. The Balaban J connectivity index is 1.27. The lowest BCUT2D eigenvalue weighted by molar-refractivity contribution is -0.136. The summed E-state index contributed by atoms with van der Waals surface area (Å²) in [5.74, 6) is -0.130. The quantitative estimate of drug-likeness (QED) is 0.631. The number of furan rings is 1. The molecule has 0 aromatic carbocycles. The number of ether oxygens (including phenoxy) is 1. The first kappa shape index (κ1) is 21.1. The number of likely N-dealkylation sites (tertiary alicyclic amines) is 1. The van der Waals surface area contributed by atoms with E-state index in [0.717, 1.165) is 12.8 Å². The highest BCUT2D eigenvalue weighted by Crippen LogP contribution is 2.38. The third kappa shape index (κ3) is 4.63. The lowest BCUT2D eigenvalue weighted by Gasteiger charge is -2.39. The van der Waals surface area contributed by atoms with Crippen LogP contribution < -0.4 is 16.6 Å². The summed E-state index contributed by atoms with van der Waals surface area (Å²) in [5, 5.41) is 2.84. The molecule has 2 aromatic heterocycles. The average molecular weight is 430 g/mol. The Morgan fingerprint density at radius 1 is 1.23 bits per heavy atom. The summed E-state index contributed by atoms with van der Waals surface area (Å²) < 4.78 is 11.4. The van der Waals surface area contributed by atoms with Gasteiger partial charge in [0.2, 0.25) is 5.91 Å². The van der Waals surface area contributed by atoms with E-state index in [-0.39, 0.29) is 41.3 Å². The topological polar surface area (TPSA) is 137 Å². The number of nitrogens with one attached hydrogen (secondary N) is 3. The molecular formula is C21H26N4O6. The third-order valence-corrected chi connectivity index (χ3v) is 6.18. The van der Waals surface area contributed by atoms with Crippen molar-refractivity contribution in [2.24, 2.45) is 0 Å². The van der Waals surface area contributed by atoms with Gasteiger partial charge in [-0.15, -0.1) is 0 Å². The Morgan fingerprint density at radius 3 is 2.68 bits per heavy atom. The van der Waals surface area contributed by atoms with Crippen LogP contribution in [0, 0.1) is 6.92 Å². The number of aromatic nitrogens is 2. The summed E-state index contributed by atoms with van der Waals surface area (Å²) >= 11 is 0. The summed E-state index contributed by atoms with van der Waals surface area (Å²) in [6, 6.07) is 3.28. The van der Waals surface area contributed by atoms with E-state index in [1.807, 2.05) is 0 Å². The highest BCUT2D eigenvalue weighted by molar-refractivity contribution is 5.91. The zero-order chi connectivity index (χ0) is 22.0. The van der Waals surface area contributed by atoms with Gasteiger partial charge < -0.3 is 24.4 Å². The first-order valence-corrected chi connectivity index (χ1v) is 10.4. The lowest BCUT2D eigenvalue weighted by atomic mass is 9.88. The highest BCUT2D eigenvalue weighted by Gasteiger charge is 2.43. The van der Waals surface area contributed by atoms with Crippen molar-refractivity contribution in [1.82, 2.24) is 20.2 Å². The molecule has 4 heterocycles. The van der Waals surface area contributed by atoms with E-state index >= 15 is 0 Å². The molecule has 2 fully saturated rings. The SMILES string of the molecule is Cc1[nH]c(=O)[nH]c(=O)c1CC(=O)N1CCC2(CCC(CNC(=O)c3ccco3)O2)CC1. The molecule has 1 unspecified atom stereocenters. The van der Waals surface area contributed by atoms with Gasteiger partial charge in [-0.05, 0) is 44.7 Å². The molecular weight excluding hydrogens is 404 g/mol. The Morgan fingerprint density at radius 2 is 2.00 bits per heavy atom. The maximum absolute atomic E-state index is 12.7. The molecule has 0 aliphatic carbocycles. The van der Waals surface area contributed by atoms with Gasteiger partial charge in [0.15, 0.2) is 5.76 Å². The standard InChI is InChI=1S/C21H26N4O6/c1-13-15(18(27)24-20(29)23-13)11-17(26)25-8-6-21(7-9-25)5-4-14(31-21)12-22-19(28)16-3-2-10-30-16/h2-3,10,14H,4-9,11-12H2,1H3,(H,22,28)(H2,23,24,27,29). The molecule has 0 bridgehead atoms. The molecule has 2 aliphatic rings. The van der Waals surface area contributed by atoms with Crippen LogP contribution in [0.2, 0.25) is 0 Å². The summed E-state index contributed by atoms with van der Waals surface area (Å²) in [4.78, 5) is 54.5. The average Bonchev–Trinajstić information content (AvgIpc) is 3.40. The van der Waals surface area contributed by atoms with Crippen LogP contribution in [0.5, 0.6) is 0 Å². The number of hydrogen-bond acceptors (Lipinski definition) is 6. The van der Waals surface area contributed by atoms with Crippen LogP contribution in [0.4, 0.5) is 0 Å². The Kier molecular flexibility index (Phi) is 5.81. The Bertz CT molecular complexity index is 1060. The molecule has 0 saturated carbocycles. The normalized spacial score (nSPS) is 20.2. The van der Waals surface area contributed by atoms with Gasteiger partial charge in [0.05, 0.1) is 24.4 Å². The van der Waals surface area contributed by atoms with Crippen molar-refractivity contribution in [3.63, 3.8) is 0 Å². The summed E-state index contributed by atoms with van der Waals surface area (Å²) in [6.07, 6.45) is 4.49. The number of amides is 2. The molecule has 3 N–H and O–H groups in total. The van der Waals surface area contributed by atoms with Crippen molar-refractivity contribution < 1.29 is 18.7 Å². The summed E-state index contributed by atoms with van der Waals surface area (Å²) in [6.45, 7) is 3.12. The molecule has 2 aromatic rings. The molecule has 1 spiro atoms. The van der Waals surface area contributed by atoms with Crippen molar-refractivity contribution >= 4 is 11.8 Å². The van der Waals surface area contributed by atoms with Crippen LogP contribution in [0.15, 0.2) is 32.4 Å². The smallest absolute Gasteiger partial charge is 0.325 e. The Hall–Kier alpha value is -3.14. The van der Waals surface area contributed by atoms with Crippen LogP contribution in [0.3, 0.4) is 0 Å². The van der Waals surface area contributed by atoms with Crippen LogP contribution in [-0.4, -0.2) is 58.0 Å². The van der Waals surface area contributed by atoms with E-state index in [9.17, 15) is 19.2 Å². The fourth-order valence-electron chi connectivity index (χ4n) is 4.37. The zero-order valence-corrected chi connectivity index (χ0v) is 17.4. The molecule has 2 saturated heterocycles. The number of carbonyl (C=O) groups excluding carboxylic acids is 2. The van der Waals surface area contributed by atoms with Crippen LogP contribution >= 0.6 is 0 Å². The molecule has 4 rings (SSSR count). The van der Waals surface area contributed by atoms with Gasteiger partial charge in [0, 0.05) is 30.9 Å². The van der Waals surface area contributed by atoms with E-state index in [4.69, 9.17) is 9.15 Å². The molecule has 2 aliphatic heterocycles. The fourth-order valence-corrected chi connectivity index (χ4v) is 4.37. The molecule has 166 valence electrons. The van der Waals surface area contributed by atoms with Crippen molar-refractivity contribution in [2.45, 2.75) is 50.7 Å². The molecule has 0 radical (unpaired) electrons. The van der Waals surface area contributed by atoms with Crippen LogP contribution in [0.1, 0.15) is 47.5 Å². The maximum Gasteiger partial charge on any atom is 0.325 e. The summed E-state index contributed by atoms with van der Waals surface area (Å²) in [7, 11) is 0. The van der Waals surface area contributed by atoms with Gasteiger partial charge >= 0.3 is 5.69 Å². The van der Waals surface area contributed by atoms with Crippen molar-refractivity contribution in [1.29, 1.82) is 0 Å². The second-order valence-electron chi connectivity index (χ2n) is 8.22. The number of hydrogen-bond donors (Lipinski definition) is 3. The minimum absolute atomic E-state index is 0.0484. The van der Waals surface area contributed by atoms with E-state index in [0.29, 0.717) is 38.2 Å². The van der Waals surface area contributed by atoms with Gasteiger partial charge in [-0.1, -0.05) is 0 Å². The molecule has 31 heavy (non-hydrogen) atoms. The van der Waals surface area contributed by atoms with E-state index in [1.165, 1.54) is 6.26 Å². The number of nitrogens with zero attached hydrogens (tertiary/aromatic N) is 1. The van der Waals surface area contributed by atoms with Crippen LogP contribution in [-0.2, 0) is 16.0 Å². The predicted octanol–water partition coefficient (Wildman–Crippen LogP) is 0.477. The van der Waals surface area contributed by atoms with Gasteiger partial charge in [0.1, 0.15) is 0 Å². The van der Waals surface area contributed by atoms with Gasteiger partial charge in [-0.25, -0.2) is 4.79 Å². The van der Waals surface area contributed by atoms with Crippen LogP contribution in [0.25, 0.3) is 0 Å². The first-order chi connectivity index (χ1) is 14.8. The van der Waals surface area contributed by atoms with Gasteiger partial charge in [-0.2, -0.15) is 0 Å². The number of rotatable bonds is 5. The maximum atomic E-state index is 12.7. The second kappa shape index (κ2) is 8.54. The van der Waals surface area contributed by atoms with Crippen molar-refractivity contribution in [3.05, 3.63) is 56.3 Å². The number of piperidine rings is 1.